The lowest BCUT2D eigenvalue weighted by molar-refractivity contribution is -0.137. The number of hydrogen-bond acceptors (Lipinski definition) is 4. The summed E-state index contributed by atoms with van der Waals surface area (Å²) in [5.41, 5.74) is -0.409. The number of nitrogens with zero attached hydrogens (tertiary/aromatic N) is 1. The molecule has 0 aliphatic carbocycles. The molecule has 1 aliphatic heterocycles. The number of nitrogens with one attached hydrogen (secondary N) is 1. The third-order valence-electron chi connectivity index (χ3n) is 4.69. The molecule has 0 unspecified atom stereocenters. The van der Waals surface area contributed by atoms with E-state index < -0.39 is 29.7 Å². The van der Waals surface area contributed by atoms with E-state index in [0.717, 1.165) is 18.6 Å². The largest absolute Gasteiger partial charge is 0.449 e. The van der Waals surface area contributed by atoms with E-state index in [9.17, 15) is 27.6 Å². The highest BCUT2D eigenvalue weighted by atomic mass is 35.5. The summed E-state index contributed by atoms with van der Waals surface area (Å²) in [6.45, 7) is 1.89. The van der Waals surface area contributed by atoms with Gasteiger partial charge in [0.25, 0.3) is 5.91 Å². The standard InChI is InChI=1S/C21H18ClF3N2O4/c1-12(19(29)26-17-11-14(21(23,24)25)6-9-16(17)22)31-20(30)13-4-7-15(8-5-13)27-10-2-3-18(27)28/h4-9,11-12H,2-3,10H2,1H3,(H,26,29)/t12-/m0/s1. The van der Waals surface area contributed by atoms with Crippen LogP contribution in [0.2, 0.25) is 5.02 Å². The maximum Gasteiger partial charge on any atom is 0.416 e. The molecule has 2 aromatic carbocycles. The number of amides is 2. The van der Waals surface area contributed by atoms with Gasteiger partial charge in [-0.25, -0.2) is 4.79 Å². The molecule has 0 saturated carbocycles. The van der Waals surface area contributed by atoms with E-state index in [1.807, 2.05) is 0 Å². The zero-order valence-corrected chi connectivity index (χ0v) is 17.1. The summed E-state index contributed by atoms with van der Waals surface area (Å²) in [7, 11) is 0. The number of rotatable bonds is 5. The maximum atomic E-state index is 12.9. The van der Waals surface area contributed by atoms with Crippen molar-refractivity contribution >= 4 is 40.8 Å². The summed E-state index contributed by atoms with van der Waals surface area (Å²) in [6, 6.07) is 8.66. The SMILES string of the molecule is C[C@H](OC(=O)c1ccc(N2CCCC2=O)cc1)C(=O)Nc1cc(C(F)(F)F)ccc1Cl. The van der Waals surface area contributed by atoms with Gasteiger partial charge in [0.15, 0.2) is 6.10 Å². The first kappa shape index (κ1) is 22.6. The first-order valence-corrected chi connectivity index (χ1v) is 9.73. The highest BCUT2D eigenvalue weighted by Gasteiger charge is 2.31. The van der Waals surface area contributed by atoms with Crippen LogP contribution in [-0.2, 0) is 20.5 Å². The minimum Gasteiger partial charge on any atom is -0.449 e. The molecule has 2 amide bonds. The van der Waals surface area contributed by atoms with Gasteiger partial charge in [-0.1, -0.05) is 11.6 Å². The molecule has 1 N–H and O–H groups in total. The fraction of sp³-hybridized carbons (Fsp3) is 0.286. The second-order valence-corrected chi connectivity index (χ2v) is 7.33. The van der Waals surface area contributed by atoms with E-state index in [-0.39, 0.29) is 22.2 Å². The average molecular weight is 455 g/mol. The van der Waals surface area contributed by atoms with Crippen LogP contribution in [0.1, 0.15) is 35.7 Å². The lowest BCUT2D eigenvalue weighted by atomic mass is 10.2. The van der Waals surface area contributed by atoms with Crippen molar-refractivity contribution in [3.05, 3.63) is 58.6 Å². The smallest absolute Gasteiger partial charge is 0.416 e. The predicted molar refractivity (Wildman–Crippen MR) is 108 cm³/mol. The van der Waals surface area contributed by atoms with E-state index in [1.165, 1.54) is 19.1 Å². The molecule has 0 bridgehead atoms. The number of hydrogen-bond donors (Lipinski definition) is 1. The van der Waals surface area contributed by atoms with Gasteiger partial charge in [0.2, 0.25) is 5.91 Å². The summed E-state index contributed by atoms with van der Waals surface area (Å²) in [5, 5.41) is 2.15. The summed E-state index contributed by atoms with van der Waals surface area (Å²) in [6.07, 6.45) is -4.65. The fourth-order valence-electron chi connectivity index (χ4n) is 3.01. The number of carbonyl (C=O) groups excluding carboxylic acids is 3. The van der Waals surface area contributed by atoms with Crippen LogP contribution in [0.5, 0.6) is 0 Å². The maximum absolute atomic E-state index is 12.9. The van der Waals surface area contributed by atoms with Crippen LogP contribution >= 0.6 is 11.6 Å². The molecule has 1 atom stereocenters. The number of alkyl halides is 3. The lowest BCUT2D eigenvalue weighted by Gasteiger charge is -2.17. The molecule has 164 valence electrons. The molecule has 0 aromatic heterocycles. The van der Waals surface area contributed by atoms with E-state index >= 15 is 0 Å². The first-order valence-electron chi connectivity index (χ1n) is 9.35. The molecule has 1 aliphatic rings. The molecular weight excluding hydrogens is 437 g/mol. The highest BCUT2D eigenvalue weighted by molar-refractivity contribution is 6.33. The number of esters is 1. The van der Waals surface area contributed by atoms with Crippen LogP contribution in [0.3, 0.4) is 0 Å². The quantitative estimate of drug-likeness (QED) is 0.666. The molecule has 0 radical (unpaired) electrons. The molecular formula is C21H18ClF3N2O4. The average Bonchev–Trinajstić information content (AvgIpc) is 3.14. The van der Waals surface area contributed by atoms with Crippen molar-refractivity contribution in [2.75, 3.05) is 16.8 Å². The lowest BCUT2D eigenvalue weighted by Crippen LogP contribution is -2.30. The molecule has 6 nitrogen and oxygen atoms in total. The molecule has 1 heterocycles. The van der Waals surface area contributed by atoms with Gasteiger partial charge in [-0.05, 0) is 55.8 Å². The monoisotopic (exact) mass is 454 g/mol. The zero-order valence-electron chi connectivity index (χ0n) is 16.3. The third kappa shape index (κ3) is 5.35. The minimum atomic E-state index is -4.60. The molecule has 1 fully saturated rings. The Kier molecular flexibility index (Phi) is 6.54. The van der Waals surface area contributed by atoms with Crippen LogP contribution in [0.25, 0.3) is 0 Å². The Balaban J connectivity index is 1.63. The van der Waals surface area contributed by atoms with Crippen molar-refractivity contribution in [3.63, 3.8) is 0 Å². The van der Waals surface area contributed by atoms with E-state index in [4.69, 9.17) is 16.3 Å². The minimum absolute atomic E-state index is 0.00822. The molecule has 3 rings (SSSR count). The molecule has 31 heavy (non-hydrogen) atoms. The van der Waals surface area contributed by atoms with Crippen LogP contribution in [0, 0.1) is 0 Å². The van der Waals surface area contributed by atoms with E-state index in [1.54, 1.807) is 17.0 Å². The van der Waals surface area contributed by atoms with E-state index in [0.29, 0.717) is 24.7 Å². The van der Waals surface area contributed by atoms with Crippen LogP contribution in [-0.4, -0.2) is 30.4 Å². The summed E-state index contributed by atoms with van der Waals surface area (Å²) >= 11 is 5.86. The van der Waals surface area contributed by atoms with Gasteiger partial charge < -0.3 is 15.0 Å². The summed E-state index contributed by atoms with van der Waals surface area (Å²) in [5.74, 6) is -1.63. The topological polar surface area (TPSA) is 75.7 Å². The summed E-state index contributed by atoms with van der Waals surface area (Å²) in [4.78, 5) is 38.0. The van der Waals surface area contributed by atoms with Crippen LogP contribution in [0.15, 0.2) is 42.5 Å². The zero-order chi connectivity index (χ0) is 22.8. The van der Waals surface area contributed by atoms with Gasteiger partial charge in [0.05, 0.1) is 21.8 Å². The number of carbonyl (C=O) groups is 3. The second kappa shape index (κ2) is 8.97. The molecule has 0 spiro atoms. The Bertz CT molecular complexity index is 1010. The van der Waals surface area contributed by atoms with Gasteiger partial charge in [0.1, 0.15) is 0 Å². The van der Waals surface area contributed by atoms with Crippen LogP contribution < -0.4 is 10.2 Å². The highest BCUT2D eigenvalue weighted by Crippen LogP contribution is 2.34. The molecule has 1 saturated heterocycles. The van der Waals surface area contributed by atoms with Crippen molar-refractivity contribution in [3.8, 4) is 0 Å². The van der Waals surface area contributed by atoms with Crippen LogP contribution in [0.4, 0.5) is 24.5 Å². The van der Waals surface area contributed by atoms with Gasteiger partial charge >= 0.3 is 12.1 Å². The number of anilines is 2. The van der Waals surface area contributed by atoms with Gasteiger partial charge in [0, 0.05) is 18.7 Å². The van der Waals surface area contributed by atoms with Gasteiger partial charge in [-0.3, -0.25) is 9.59 Å². The fourth-order valence-corrected chi connectivity index (χ4v) is 3.18. The van der Waals surface area contributed by atoms with Crippen molar-refractivity contribution in [2.45, 2.75) is 32.0 Å². The number of ether oxygens (including phenoxy) is 1. The Labute approximate surface area is 180 Å². The number of halogens is 4. The van der Waals surface area contributed by atoms with Crippen molar-refractivity contribution < 1.29 is 32.3 Å². The predicted octanol–water partition coefficient (Wildman–Crippen LogP) is 4.67. The van der Waals surface area contributed by atoms with Crippen molar-refractivity contribution in [1.29, 1.82) is 0 Å². The molecule has 2 aromatic rings. The Morgan fingerprint density at radius 2 is 1.84 bits per heavy atom. The Morgan fingerprint density at radius 3 is 2.42 bits per heavy atom. The summed E-state index contributed by atoms with van der Waals surface area (Å²) < 4.78 is 43.7. The first-order chi connectivity index (χ1) is 14.6. The Morgan fingerprint density at radius 1 is 1.16 bits per heavy atom. The normalized spacial score (nSPS) is 15.0. The van der Waals surface area contributed by atoms with Gasteiger partial charge in [-0.15, -0.1) is 0 Å². The van der Waals surface area contributed by atoms with Crippen molar-refractivity contribution in [2.24, 2.45) is 0 Å². The third-order valence-corrected chi connectivity index (χ3v) is 5.02. The van der Waals surface area contributed by atoms with Crippen molar-refractivity contribution in [1.82, 2.24) is 0 Å². The number of benzene rings is 2. The van der Waals surface area contributed by atoms with Gasteiger partial charge in [-0.2, -0.15) is 13.2 Å². The Hall–Kier alpha value is -3.07. The molecule has 10 heteroatoms. The second-order valence-electron chi connectivity index (χ2n) is 6.92. The van der Waals surface area contributed by atoms with E-state index in [2.05, 4.69) is 5.32 Å².